The zero-order valence-electron chi connectivity index (χ0n) is 25.2. The number of likely N-dealkylation sites (tertiary alicyclic amines) is 1. The SMILES string of the molecule is [C-]#[N+][C@@H]1CCCN1C(=O)CC[C@H](C)CC1(c2nnn(C)n2)c2ccc(C(=O)NC)cc2CCc2cc(C(=O)NC)ccc21. The van der Waals surface area contributed by atoms with Crippen LogP contribution in [0.15, 0.2) is 36.4 Å². The number of fused-ring (bicyclic) bond motifs is 2. The van der Waals surface area contributed by atoms with E-state index in [9.17, 15) is 14.4 Å². The van der Waals surface area contributed by atoms with Crippen LogP contribution in [0.25, 0.3) is 4.85 Å². The first kappa shape index (κ1) is 29.9. The van der Waals surface area contributed by atoms with Gasteiger partial charge in [0, 0.05) is 44.6 Å². The van der Waals surface area contributed by atoms with Crippen molar-refractivity contribution >= 4 is 17.7 Å². The molecular weight excluding hydrogens is 544 g/mol. The fourth-order valence-corrected chi connectivity index (χ4v) is 6.74. The Morgan fingerprint density at radius 2 is 1.65 bits per heavy atom. The Kier molecular flexibility index (Phi) is 8.57. The Balaban J connectivity index is 1.62. The van der Waals surface area contributed by atoms with Crippen molar-refractivity contribution in [1.29, 1.82) is 0 Å². The van der Waals surface area contributed by atoms with Crippen molar-refractivity contribution < 1.29 is 14.4 Å². The van der Waals surface area contributed by atoms with E-state index in [0.717, 1.165) is 35.1 Å². The van der Waals surface area contributed by atoms with Gasteiger partial charge < -0.3 is 10.6 Å². The molecular formula is C32H38N8O3. The molecule has 1 aliphatic heterocycles. The van der Waals surface area contributed by atoms with Crippen LogP contribution in [0.5, 0.6) is 0 Å². The smallest absolute Gasteiger partial charge is 0.300 e. The summed E-state index contributed by atoms with van der Waals surface area (Å²) in [6, 6.07) is 11.5. The lowest BCUT2D eigenvalue weighted by molar-refractivity contribution is -0.131. The van der Waals surface area contributed by atoms with Gasteiger partial charge in [-0.25, -0.2) is 6.57 Å². The summed E-state index contributed by atoms with van der Waals surface area (Å²) < 4.78 is 0. The molecule has 2 aliphatic rings. The van der Waals surface area contributed by atoms with E-state index in [-0.39, 0.29) is 29.8 Å². The van der Waals surface area contributed by atoms with Crippen molar-refractivity contribution in [2.24, 2.45) is 13.0 Å². The number of rotatable bonds is 8. The van der Waals surface area contributed by atoms with E-state index in [2.05, 4.69) is 32.7 Å². The fourth-order valence-electron chi connectivity index (χ4n) is 6.74. The molecule has 1 saturated heterocycles. The van der Waals surface area contributed by atoms with Crippen LogP contribution in [0.4, 0.5) is 0 Å². The van der Waals surface area contributed by atoms with Crippen molar-refractivity contribution in [3.05, 3.63) is 87.0 Å². The van der Waals surface area contributed by atoms with E-state index in [0.29, 0.717) is 55.6 Å². The third-order valence-electron chi connectivity index (χ3n) is 8.86. The van der Waals surface area contributed by atoms with Gasteiger partial charge in [-0.2, -0.15) is 4.80 Å². The van der Waals surface area contributed by atoms with Gasteiger partial charge in [-0.3, -0.25) is 24.1 Å². The minimum absolute atomic E-state index is 0.0177. The summed E-state index contributed by atoms with van der Waals surface area (Å²) in [5.74, 6) is 0.273. The number of aromatic nitrogens is 4. The van der Waals surface area contributed by atoms with Crippen molar-refractivity contribution in [3.63, 3.8) is 0 Å². The number of nitrogens with one attached hydrogen (secondary N) is 2. The minimum Gasteiger partial charge on any atom is -0.355 e. The quantitative estimate of drug-likeness (QED) is 0.393. The van der Waals surface area contributed by atoms with Gasteiger partial charge in [0.05, 0.1) is 12.5 Å². The Morgan fingerprint density at radius 3 is 2.16 bits per heavy atom. The highest BCUT2D eigenvalue weighted by atomic mass is 16.2. The maximum absolute atomic E-state index is 13.1. The van der Waals surface area contributed by atoms with E-state index in [1.54, 1.807) is 26.0 Å². The number of hydrogen-bond acceptors (Lipinski definition) is 6. The van der Waals surface area contributed by atoms with Gasteiger partial charge >= 0.3 is 6.17 Å². The van der Waals surface area contributed by atoms with E-state index >= 15 is 0 Å². The molecule has 2 heterocycles. The van der Waals surface area contributed by atoms with E-state index in [1.807, 2.05) is 36.4 Å². The van der Waals surface area contributed by atoms with Crippen LogP contribution in [-0.4, -0.2) is 69.6 Å². The van der Waals surface area contributed by atoms with Gasteiger partial charge in [-0.1, -0.05) is 19.1 Å². The molecule has 0 unspecified atom stereocenters. The molecule has 1 fully saturated rings. The summed E-state index contributed by atoms with van der Waals surface area (Å²) in [5, 5.41) is 19.0. The molecule has 3 aromatic rings. The van der Waals surface area contributed by atoms with Crippen LogP contribution in [0.2, 0.25) is 0 Å². The van der Waals surface area contributed by atoms with E-state index < -0.39 is 5.41 Å². The first-order chi connectivity index (χ1) is 20.7. The van der Waals surface area contributed by atoms with Crippen LogP contribution in [0.3, 0.4) is 0 Å². The molecule has 0 saturated carbocycles. The average molecular weight is 583 g/mol. The highest BCUT2D eigenvalue weighted by molar-refractivity contribution is 5.95. The molecule has 43 heavy (non-hydrogen) atoms. The van der Waals surface area contributed by atoms with Gasteiger partial charge in [0.1, 0.15) is 0 Å². The van der Waals surface area contributed by atoms with Gasteiger partial charge in [-0.15, -0.1) is 10.2 Å². The molecule has 2 atom stereocenters. The summed E-state index contributed by atoms with van der Waals surface area (Å²) in [6.45, 7) is 10.2. The standard InChI is InChI=1S/C32H38N8O3/c1-20(8-15-28(41)40-16-6-7-27(40)33-2)19-32(31-36-38-39(5)37-31)25-13-11-23(29(42)34-3)17-21(25)9-10-22-18-24(30(43)35-4)12-14-26(22)32/h11-14,17-18,20,27H,6-10,15-16,19H2,1,3-5H3,(H,34,42)(H,35,43)/t20-,27-/m0/s1. The normalized spacial score (nSPS) is 17.7. The number of amides is 3. The number of hydrogen-bond donors (Lipinski definition) is 2. The summed E-state index contributed by atoms with van der Waals surface area (Å²) in [5.41, 5.74) is 4.29. The van der Waals surface area contributed by atoms with Crippen LogP contribution < -0.4 is 10.6 Å². The monoisotopic (exact) mass is 582 g/mol. The van der Waals surface area contributed by atoms with Crippen LogP contribution in [0.1, 0.15) is 87.8 Å². The second kappa shape index (κ2) is 12.3. The minimum atomic E-state index is -0.840. The zero-order valence-corrected chi connectivity index (χ0v) is 25.2. The predicted octanol–water partition coefficient (Wildman–Crippen LogP) is 3.04. The molecule has 1 aliphatic carbocycles. The predicted molar refractivity (Wildman–Crippen MR) is 160 cm³/mol. The number of benzene rings is 2. The van der Waals surface area contributed by atoms with Crippen LogP contribution >= 0.6 is 0 Å². The second-order valence-corrected chi connectivity index (χ2v) is 11.6. The lowest BCUT2D eigenvalue weighted by atomic mass is 9.66. The van der Waals surface area contributed by atoms with Crippen molar-refractivity contribution in [2.45, 2.75) is 63.5 Å². The molecule has 0 radical (unpaired) electrons. The van der Waals surface area contributed by atoms with Crippen LogP contribution in [-0.2, 0) is 30.1 Å². The third-order valence-corrected chi connectivity index (χ3v) is 8.86. The first-order valence-corrected chi connectivity index (χ1v) is 14.8. The van der Waals surface area contributed by atoms with Crippen LogP contribution in [0, 0.1) is 12.5 Å². The summed E-state index contributed by atoms with van der Waals surface area (Å²) >= 11 is 0. The van der Waals surface area contributed by atoms with Gasteiger partial charge in [-0.05, 0) is 89.8 Å². The Labute approximate surface area is 251 Å². The molecule has 11 nitrogen and oxygen atoms in total. The van der Waals surface area contributed by atoms with Gasteiger partial charge in [0.15, 0.2) is 5.82 Å². The molecule has 0 bridgehead atoms. The maximum atomic E-state index is 13.1. The number of carbonyl (C=O) groups excluding carboxylic acids is 3. The zero-order chi connectivity index (χ0) is 30.7. The molecule has 11 heteroatoms. The summed E-state index contributed by atoms with van der Waals surface area (Å²) in [4.78, 5) is 45.2. The van der Waals surface area contributed by atoms with Crippen molar-refractivity contribution in [1.82, 2.24) is 35.7 Å². The highest BCUT2D eigenvalue weighted by Crippen LogP contribution is 2.48. The molecule has 0 spiro atoms. The van der Waals surface area contributed by atoms with E-state index in [4.69, 9.17) is 11.7 Å². The second-order valence-electron chi connectivity index (χ2n) is 11.6. The Morgan fingerprint density at radius 1 is 1.05 bits per heavy atom. The number of nitrogens with zero attached hydrogens (tertiary/aromatic N) is 6. The maximum Gasteiger partial charge on any atom is 0.300 e. The topological polar surface area (TPSA) is 126 Å². The largest absolute Gasteiger partial charge is 0.355 e. The molecule has 5 rings (SSSR count). The number of tetrazole rings is 1. The summed E-state index contributed by atoms with van der Waals surface area (Å²) in [7, 11) is 4.96. The number of aryl methyl sites for hydroxylation is 3. The van der Waals surface area contributed by atoms with E-state index in [1.165, 1.54) is 4.80 Å². The molecule has 1 aromatic heterocycles. The Bertz CT molecular complexity index is 1520. The van der Waals surface area contributed by atoms with Crippen molar-refractivity contribution in [2.75, 3.05) is 20.6 Å². The number of carbonyl (C=O) groups is 3. The molecule has 2 N–H and O–H groups in total. The lowest BCUT2D eigenvalue weighted by Crippen LogP contribution is -2.36. The van der Waals surface area contributed by atoms with Gasteiger partial charge in [0.2, 0.25) is 5.91 Å². The molecule has 3 amide bonds. The van der Waals surface area contributed by atoms with Gasteiger partial charge in [0.25, 0.3) is 11.8 Å². The average Bonchev–Trinajstić information content (AvgIpc) is 3.67. The van der Waals surface area contributed by atoms with Crippen molar-refractivity contribution in [3.8, 4) is 0 Å². The lowest BCUT2D eigenvalue weighted by Gasteiger charge is -2.36. The molecule has 2 aromatic carbocycles. The fraction of sp³-hybridized carbons (Fsp3) is 0.469. The summed E-state index contributed by atoms with van der Waals surface area (Å²) in [6.07, 6.45) is 4.11. The molecule has 224 valence electrons. The third kappa shape index (κ3) is 5.61. The highest BCUT2D eigenvalue weighted by Gasteiger charge is 2.46. The Hall–Kier alpha value is -4.59. The first-order valence-electron chi connectivity index (χ1n) is 14.8.